The number of nitrogen functional groups attached to an aromatic ring is 2. The van der Waals surface area contributed by atoms with E-state index >= 15 is 0 Å². The van der Waals surface area contributed by atoms with E-state index in [9.17, 15) is 13.5 Å². The van der Waals surface area contributed by atoms with E-state index in [1.165, 1.54) is 12.1 Å². The van der Waals surface area contributed by atoms with Gasteiger partial charge in [0.15, 0.2) is 0 Å². The number of nitrogens with zero attached hydrogens (tertiary/aromatic N) is 4. The summed E-state index contributed by atoms with van der Waals surface area (Å²) >= 11 is 0. The molecule has 1 aliphatic rings. The van der Waals surface area contributed by atoms with Crippen LogP contribution in [0.5, 0.6) is 0 Å². The van der Waals surface area contributed by atoms with Crippen molar-refractivity contribution in [1.82, 2.24) is 24.5 Å². The van der Waals surface area contributed by atoms with Crippen LogP contribution in [-0.2, 0) is 13.5 Å². The highest BCUT2D eigenvalue weighted by molar-refractivity contribution is 8.22. The van der Waals surface area contributed by atoms with Crippen LogP contribution in [0, 0.1) is 11.7 Å². The lowest BCUT2D eigenvalue weighted by molar-refractivity contribution is 0.302. The topological polar surface area (TPSA) is 148 Å². The number of aryl methyl sites for hydroxylation is 1. The largest absolute Gasteiger partial charge is 0.397 e. The van der Waals surface area contributed by atoms with E-state index in [1.54, 1.807) is 24.1 Å². The Morgan fingerprint density at radius 1 is 1.19 bits per heavy atom. The highest BCUT2D eigenvalue weighted by Gasteiger charge is 2.28. The third-order valence-corrected chi connectivity index (χ3v) is 7.54. The van der Waals surface area contributed by atoms with Crippen molar-refractivity contribution in [2.24, 2.45) is 13.0 Å². The molecule has 7 N–H and O–H groups in total. The molecule has 1 saturated carbocycles. The second-order valence-corrected chi connectivity index (χ2v) is 9.97. The Morgan fingerprint density at radius 2 is 1.94 bits per heavy atom. The maximum Gasteiger partial charge on any atom is 0.130 e. The third kappa shape index (κ3) is 4.85. The minimum Gasteiger partial charge on any atom is -0.397 e. The fourth-order valence-electron chi connectivity index (χ4n) is 4.11. The molecular formula is C21H28FN7O2S. The van der Waals surface area contributed by atoms with Gasteiger partial charge < -0.3 is 11.5 Å². The van der Waals surface area contributed by atoms with Crippen molar-refractivity contribution in [1.29, 1.82) is 0 Å². The average molecular weight is 462 g/mol. The van der Waals surface area contributed by atoms with Gasteiger partial charge in [-0.1, -0.05) is 0 Å². The summed E-state index contributed by atoms with van der Waals surface area (Å²) in [5.41, 5.74) is 13.4. The molecule has 0 atom stereocenters. The predicted octanol–water partition coefficient (Wildman–Crippen LogP) is 3.60. The summed E-state index contributed by atoms with van der Waals surface area (Å²) in [6, 6.07) is 5.34. The summed E-state index contributed by atoms with van der Waals surface area (Å²) in [4.78, 5) is 9.21. The fraction of sp³-hybridized carbons (Fsp3) is 0.381. The van der Waals surface area contributed by atoms with Crippen molar-refractivity contribution < 1.29 is 13.5 Å². The number of halogens is 1. The number of hydrogen-bond acceptors (Lipinski definition) is 8. The van der Waals surface area contributed by atoms with Gasteiger partial charge in [-0.15, -0.1) is 10.8 Å². The Kier molecular flexibility index (Phi) is 6.33. The van der Waals surface area contributed by atoms with Crippen molar-refractivity contribution >= 4 is 22.3 Å². The molecule has 0 amide bonds. The quantitative estimate of drug-likeness (QED) is 0.350. The summed E-state index contributed by atoms with van der Waals surface area (Å²) < 4.78 is 38.9. The molecule has 172 valence electrons. The summed E-state index contributed by atoms with van der Waals surface area (Å²) in [6.07, 6.45) is 7.52. The molecule has 3 aromatic rings. The van der Waals surface area contributed by atoms with E-state index in [0.29, 0.717) is 11.7 Å². The second kappa shape index (κ2) is 9.02. The van der Waals surface area contributed by atoms with E-state index in [4.69, 9.17) is 11.5 Å². The Labute approximate surface area is 187 Å². The SMILES string of the molecule is Cn1ncc(-c2ccnc(CC3CCC(NS(O)(O)c4ccc(F)cc4N)CC3)n2)c1N. The first kappa shape index (κ1) is 22.5. The van der Waals surface area contributed by atoms with E-state index < -0.39 is 16.6 Å². The van der Waals surface area contributed by atoms with Gasteiger partial charge in [0.25, 0.3) is 0 Å². The summed E-state index contributed by atoms with van der Waals surface area (Å²) in [5, 5.41) is 4.17. The first-order valence-corrected chi connectivity index (χ1v) is 12.0. The monoisotopic (exact) mass is 461 g/mol. The maximum absolute atomic E-state index is 13.3. The molecule has 9 nitrogen and oxygen atoms in total. The van der Waals surface area contributed by atoms with E-state index in [-0.39, 0.29) is 16.6 Å². The molecular weight excluding hydrogens is 433 g/mol. The molecule has 2 heterocycles. The second-order valence-electron chi connectivity index (χ2n) is 8.20. The highest BCUT2D eigenvalue weighted by Crippen LogP contribution is 2.48. The van der Waals surface area contributed by atoms with Crippen molar-refractivity contribution in [3.8, 4) is 11.3 Å². The molecule has 1 fully saturated rings. The molecule has 0 saturated heterocycles. The van der Waals surface area contributed by atoms with Crippen LogP contribution in [0.4, 0.5) is 15.9 Å². The first-order valence-electron chi connectivity index (χ1n) is 10.4. The third-order valence-electron chi connectivity index (χ3n) is 5.89. The molecule has 0 radical (unpaired) electrons. The Hall–Kier alpha value is -2.73. The summed E-state index contributed by atoms with van der Waals surface area (Å²) in [7, 11) is -1.52. The van der Waals surface area contributed by atoms with Crippen LogP contribution in [0.25, 0.3) is 11.3 Å². The van der Waals surface area contributed by atoms with E-state index in [0.717, 1.165) is 55.3 Å². The van der Waals surface area contributed by atoms with Gasteiger partial charge in [-0.05, 0) is 55.9 Å². The van der Waals surface area contributed by atoms with Crippen LogP contribution in [0.2, 0.25) is 0 Å². The lowest BCUT2D eigenvalue weighted by Gasteiger charge is -2.39. The van der Waals surface area contributed by atoms with E-state index in [1.807, 2.05) is 6.07 Å². The smallest absolute Gasteiger partial charge is 0.130 e. The zero-order chi connectivity index (χ0) is 22.9. The van der Waals surface area contributed by atoms with Gasteiger partial charge in [0.05, 0.1) is 28.0 Å². The fourth-order valence-corrected chi connectivity index (χ4v) is 5.58. The average Bonchev–Trinajstić information content (AvgIpc) is 3.08. The normalized spacial score (nSPS) is 19.8. The van der Waals surface area contributed by atoms with Crippen molar-refractivity contribution in [3.63, 3.8) is 0 Å². The Balaban J connectivity index is 1.35. The van der Waals surface area contributed by atoms with Crippen LogP contribution in [0.15, 0.2) is 41.6 Å². The van der Waals surface area contributed by atoms with Crippen molar-refractivity contribution in [2.75, 3.05) is 11.5 Å². The first-order chi connectivity index (χ1) is 15.2. The van der Waals surface area contributed by atoms with Gasteiger partial charge in [-0.3, -0.25) is 13.8 Å². The standard InChI is InChI=1S/C21H28FN7O2S/c1-29-21(24)16(12-26-29)18-8-9-25-20(27-18)10-13-2-5-15(6-3-13)28-32(30,31)19-7-4-14(22)11-17(19)23/h4,7-9,11-13,15,28,30-31H,2-3,5-6,10,23-24H2,1H3. The summed E-state index contributed by atoms with van der Waals surface area (Å²) in [5.74, 6) is 1.19. The molecule has 2 aromatic heterocycles. The van der Waals surface area contributed by atoms with Gasteiger partial charge in [0.2, 0.25) is 0 Å². The molecule has 0 aliphatic heterocycles. The highest BCUT2D eigenvalue weighted by atomic mass is 32.3. The minimum absolute atomic E-state index is 0.0254. The molecule has 0 bridgehead atoms. The minimum atomic E-state index is -3.31. The lowest BCUT2D eigenvalue weighted by Crippen LogP contribution is -2.36. The summed E-state index contributed by atoms with van der Waals surface area (Å²) in [6.45, 7) is 0. The van der Waals surface area contributed by atoms with E-state index in [2.05, 4.69) is 19.8 Å². The van der Waals surface area contributed by atoms with Crippen LogP contribution in [-0.4, -0.2) is 34.9 Å². The zero-order valence-electron chi connectivity index (χ0n) is 17.8. The molecule has 4 rings (SSSR count). The van der Waals surface area contributed by atoms with Crippen LogP contribution < -0.4 is 16.2 Å². The molecule has 1 aliphatic carbocycles. The number of benzene rings is 1. The Morgan fingerprint density at radius 3 is 2.59 bits per heavy atom. The molecule has 1 aromatic carbocycles. The Bertz CT molecular complexity index is 1100. The molecule has 0 spiro atoms. The number of anilines is 2. The molecule has 32 heavy (non-hydrogen) atoms. The molecule has 0 unspecified atom stereocenters. The maximum atomic E-state index is 13.3. The van der Waals surface area contributed by atoms with Gasteiger partial charge in [0, 0.05) is 25.7 Å². The van der Waals surface area contributed by atoms with Gasteiger partial charge in [-0.2, -0.15) is 5.10 Å². The van der Waals surface area contributed by atoms with Crippen molar-refractivity contribution in [2.45, 2.75) is 43.0 Å². The van der Waals surface area contributed by atoms with Crippen molar-refractivity contribution in [3.05, 3.63) is 48.3 Å². The zero-order valence-corrected chi connectivity index (χ0v) is 18.6. The number of nitrogens with two attached hydrogens (primary N) is 2. The van der Waals surface area contributed by atoms with Crippen LogP contribution in [0.1, 0.15) is 31.5 Å². The van der Waals surface area contributed by atoms with Gasteiger partial charge in [-0.25, -0.2) is 19.1 Å². The number of nitrogens with one attached hydrogen (secondary N) is 1. The number of aromatic nitrogens is 4. The number of rotatable bonds is 6. The predicted molar refractivity (Wildman–Crippen MR) is 123 cm³/mol. The molecule has 11 heteroatoms. The van der Waals surface area contributed by atoms with Gasteiger partial charge >= 0.3 is 0 Å². The van der Waals surface area contributed by atoms with Gasteiger partial charge in [0.1, 0.15) is 17.5 Å². The number of hydrogen-bond donors (Lipinski definition) is 5. The lowest BCUT2D eigenvalue weighted by atomic mass is 9.84. The van der Waals surface area contributed by atoms with Crippen LogP contribution in [0.3, 0.4) is 0 Å². The van der Waals surface area contributed by atoms with Crippen LogP contribution >= 0.6 is 10.8 Å².